The topological polar surface area (TPSA) is 119 Å². The van der Waals surface area contributed by atoms with Crippen molar-refractivity contribution in [2.45, 2.75) is 0 Å². The minimum absolute atomic E-state index is 0.0805. The number of rotatable bonds is 5. The molecule has 120 valence electrons. The highest BCUT2D eigenvalue weighted by Gasteiger charge is 2.20. The SMILES string of the molecule is CN(O)c1cc(Oc2ccc(Cl)cc2[N+](=O)[O-])ccc1[N+](=O)[O-]. The molecule has 2 aromatic carbocycles. The standard InChI is InChI=1S/C13H10ClN3O6/c1-15(18)11-7-9(3-4-10(11)16(19)20)23-13-5-2-8(14)6-12(13)17(21)22/h2-7,18H,1H3. The average molecular weight is 340 g/mol. The number of nitro benzene ring substituents is 2. The molecule has 2 rings (SSSR count). The van der Waals surface area contributed by atoms with Crippen LogP contribution in [-0.2, 0) is 0 Å². The van der Waals surface area contributed by atoms with Crippen molar-refractivity contribution in [3.63, 3.8) is 0 Å². The van der Waals surface area contributed by atoms with Gasteiger partial charge in [-0.1, -0.05) is 11.6 Å². The minimum Gasteiger partial charge on any atom is -0.450 e. The number of benzene rings is 2. The van der Waals surface area contributed by atoms with Crippen molar-refractivity contribution in [3.05, 3.63) is 61.6 Å². The lowest BCUT2D eigenvalue weighted by atomic mass is 10.2. The van der Waals surface area contributed by atoms with Crippen molar-refractivity contribution in [3.8, 4) is 11.5 Å². The first-order chi connectivity index (χ1) is 10.8. The van der Waals surface area contributed by atoms with Crippen LogP contribution >= 0.6 is 11.6 Å². The molecule has 0 radical (unpaired) electrons. The quantitative estimate of drug-likeness (QED) is 0.650. The lowest BCUT2D eigenvalue weighted by molar-refractivity contribution is -0.385. The van der Waals surface area contributed by atoms with Crippen LogP contribution in [0.2, 0.25) is 5.02 Å². The molecule has 2 aromatic rings. The maximum absolute atomic E-state index is 11.0. The van der Waals surface area contributed by atoms with Gasteiger partial charge >= 0.3 is 5.69 Å². The maximum Gasteiger partial charge on any atom is 0.313 e. The molecular weight excluding hydrogens is 330 g/mol. The molecule has 23 heavy (non-hydrogen) atoms. The van der Waals surface area contributed by atoms with E-state index >= 15 is 0 Å². The van der Waals surface area contributed by atoms with Crippen LogP contribution in [-0.4, -0.2) is 22.1 Å². The van der Waals surface area contributed by atoms with Gasteiger partial charge in [0.05, 0.1) is 9.85 Å². The summed E-state index contributed by atoms with van der Waals surface area (Å²) in [6, 6.07) is 7.43. The maximum atomic E-state index is 11.0. The van der Waals surface area contributed by atoms with E-state index in [1.54, 1.807) is 0 Å². The summed E-state index contributed by atoms with van der Waals surface area (Å²) in [7, 11) is 1.21. The largest absolute Gasteiger partial charge is 0.450 e. The van der Waals surface area contributed by atoms with Gasteiger partial charge in [-0.25, -0.2) is 0 Å². The number of hydrogen-bond acceptors (Lipinski definition) is 7. The van der Waals surface area contributed by atoms with Crippen molar-refractivity contribution in [1.82, 2.24) is 0 Å². The summed E-state index contributed by atoms with van der Waals surface area (Å²) in [5.74, 6) is -0.00304. The molecule has 0 heterocycles. The predicted molar refractivity (Wildman–Crippen MR) is 81.5 cm³/mol. The summed E-state index contributed by atoms with van der Waals surface area (Å²) in [5.41, 5.74) is -0.813. The highest BCUT2D eigenvalue weighted by molar-refractivity contribution is 6.30. The molecule has 0 aliphatic heterocycles. The number of nitrogens with zero attached hydrogens (tertiary/aromatic N) is 3. The Morgan fingerprint density at radius 2 is 1.74 bits per heavy atom. The Bertz CT molecular complexity index is 780. The molecule has 0 aliphatic carbocycles. The van der Waals surface area contributed by atoms with Crippen LogP contribution in [0.5, 0.6) is 11.5 Å². The Morgan fingerprint density at radius 3 is 2.30 bits per heavy atom. The average Bonchev–Trinajstić information content (AvgIpc) is 2.48. The second kappa shape index (κ2) is 6.46. The van der Waals surface area contributed by atoms with Gasteiger partial charge in [-0.3, -0.25) is 30.5 Å². The Morgan fingerprint density at radius 1 is 1.09 bits per heavy atom. The fourth-order valence-electron chi connectivity index (χ4n) is 1.83. The first kappa shape index (κ1) is 16.5. The van der Waals surface area contributed by atoms with E-state index in [1.165, 1.54) is 31.3 Å². The highest BCUT2D eigenvalue weighted by atomic mass is 35.5. The van der Waals surface area contributed by atoms with Crippen LogP contribution in [0.1, 0.15) is 0 Å². The van der Waals surface area contributed by atoms with Crippen LogP contribution in [0.15, 0.2) is 36.4 Å². The molecule has 0 fully saturated rings. The molecule has 9 nitrogen and oxygen atoms in total. The molecule has 0 spiro atoms. The molecule has 0 unspecified atom stereocenters. The molecular formula is C13H10ClN3O6. The Kier molecular flexibility index (Phi) is 4.63. The molecule has 0 atom stereocenters. The van der Waals surface area contributed by atoms with Gasteiger partial charge in [0.1, 0.15) is 11.4 Å². The van der Waals surface area contributed by atoms with E-state index in [0.717, 1.165) is 12.1 Å². The predicted octanol–water partition coefficient (Wildman–Crippen LogP) is 3.77. The Hall–Kier alpha value is -2.91. The van der Waals surface area contributed by atoms with Gasteiger partial charge in [0.2, 0.25) is 5.75 Å². The number of anilines is 1. The fourth-order valence-corrected chi connectivity index (χ4v) is 1.99. The zero-order valence-corrected chi connectivity index (χ0v) is 12.4. The summed E-state index contributed by atoms with van der Waals surface area (Å²) in [6.07, 6.45) is 0. The van der Waals surface area contributed by atoms with Gasteiger partial charge in [0, 0.05) is 30.3 Å². The molecule has 0 bridgehead atoms. The summed E-state index contributed by atoms with van der Waals surface area (Å²) in [6.45, 7) is 0. The number of hydroxylamine groups is 1. The van der Waals surface area contributed by atoms with E-state index in [4.69, 9.17) is 16.3 Å². The molecule has 10 heteroatoms. The van der Waals surface area contributed by atoms with E-state index in [9.17, 15) is 25.4 Å². The summed E-state index contributed by atoms with van der Waals surface area (Å²) >= 11 is 5.71. The minimum atomic E-state index is -0.670. The summed E-state index contributed by atoms with van der Waals surface area (Å²) in [4.78, 5) is 20.6. The zero-order chi connectivity index (χ0) is 17.1. The van der Waals surface area contributed by atoms with Gasteiger partial charge in [-0.15, -0.1) is 0 Å². The van der Waals surface area contributed by atoms with Crippen LogP contribution in [0.25, 0.3) is 0 Å². The molecule has 0 aliphatic rings. The third-order valence-electron chi connectivity index (χ3n) is 2.84. The lowest BCUT2D eigenvalue weighted by Crippen LogP contribution is -2.12. The van der Waals surface area contributed by atoms with E-state index in [1.807, 2.05) is 0 Å². The van der Waals surface area contributed by atoms with E-state index in [-0.39, 0.29) is 33.6 Å². The number of nitro groups is 2. The molecule has 0 saturated carbocycles. The van der Waals surface area contributed by atoms with Crippen LogP contribution in [0.4, 0.5) is 17.1 Å². The van der Waals surface area contributed by atoms with E-state index in [2.05, 4.69) is 0 Å². The first-order valence-corrected chi connectivity index (χ1v) is 6.50. The zero-order valence-electron chi connectivity index (χ0n) is 11.7. The second-order valence-electron chi connectivity index (χ2n) is 4.40. The summed E-state index contributed by atoms with van der Waals surface area (Å²) in [5, 5.41) is 32.1. The van der Waals surface area contributed by atoms with E-state index in [0.29, 0.717) is 5.06 Å². The molecule has 1 N–H and O–H groups in total. The van der Waals surface area contributed by atoms with Crippen molar-refractivity contribution in [2.24, 2.45) is 0 Å². The smallest absolute Gasteiger partial charge is 0.313 e. The van der Waals surface area contributed by atoms with Crippen molar-refractivity contribution in [1.29, 1.82) is 0 Å². The number of halogens is 1. The van der Waals surface area contributed by atoms with Gasteiger partial charge in [-0.05, 0) is 18.2 Å². The van der Waals surface area contributed by atoms with Gasteiger partial charge < -0.3 is 4.74 Å². The molecule has 0 saturated heterocycles. The van der Waals surface area contributed by atoms with Crippen LogP contribution in [0.3, 0.4) is 0 Å². The highest BCUT2D eigenvalue weighted by Crippen LogP contribution is 2.37. The molecule has 0 amide bonds. The monoisotopic (exact) mass is 339 g/mol. The first-order valence-electron chi connectivity index (χ1n) is 6.12. The summed E-state index contributed by atoms with van der Waals surface area (Å²) < 4.78 is 5.39. The van der Waals surface area contributed by atoms with Gasteiger partial charge in [-0.2, -0.15) is 0 Å². The number of hydrogen-bond donors (Lipinski definition) is 1. The third kappa shape index (κ3) is 3.65. The van der Waals surface area contributed by atoms with Gasteiger partial charge in [0.15, 0.2) is 0 Å². The second-order valence-corrected chi connectivity index (χ2v) is 4.84. The van der Waals surface area contributed by atoms with Crippen LogP contribution in [0, 0.1) is 20.2 Å². The molecule has 0 aromatic heterocycles. The van der Waals surface area contributed by atoms with Gasteiger partial charge in [0.25, 0.3) is 5.69 Å². The third-order valence-corrected chi connectivity index (χ3v) is 3.07. The Labute approximate surface area is 134 Å². The van der Waals surface area contributed by atoms with Crippen molar-refractivity contribution >= 4 is 28.7 Å². The van der Waals surface area contributed by atoms with Crippen molar-refractivity contribution < 1.29 is 19.8 Å². The Balaban J connectivity index is 2.43. The number of ether oxygens (including phenoxy) is 1. The fraction of sp³-hybridized carbons (Fsp3) is 0.0769. The van der Waals surface area contributed by atoms with Crippen LogP contribution < -0.4 is 9.80 Å². The van der Waals surface area contributed by atoms with E-state index < -0.39 is 9.85 Å². The normalized spacial score (nSPS) is 10.2. The van der Waals surface area contributed by atoms with Crippen molar-refractivity contribution in [2.75, 3.05) is 12.1 Å². The lowest BCUT2D eigenvalue weighted by Gasteiger charge is -2.13.